The standard InChI is InChI=1S/C13H18BrClO4S/c1-3-5-20(16,17)6-4-19-13-11(14)7-10(9-15)8-12(13)18-2/h7-8H,3-6,9H2,1-2H3. The van der Waals surface area contributed by atoms with Gasteiger partial charge in [-0.05, 0) is 40.0 Å². The fourth-order valence-electron chi connectivity index (χ4n) is 1.67. The van der Waals surface area contributed by atoms with Crippen molar-refractivity contribution in [2.24, 2.45) is 0 Å². The van der Waals surface area contributed by atoms with Gasteiger partial charge in [-0.25, -0.2) is 8.42 Å². The quantitative estimate of drug-likeness (QED) is 0.644. The van der Waals surface area contributed by atoms with Gasteiger partial charge in [-0.2, -0.15) is 0 Å². The lowest BCUT2D eigenvalue weighted by Crippen LogP contribution is -2.17. The van der Waals surface area contributed by atoms with E-state index in [2.05, 4.69) is 15.9 Å². The Hall–Kier alpha value is -0.460. The zero-order valence-corrected chi connectivity index (χ0v) is 14.6. The summed E-state index contributed by atoms with van der Waals surface area (Å²) in [6.07, 6.45) is 0.611. The third-order valence-corrected chi connectivity index (χ3v) is 5.32. The first kappa shape index (κ1) is 17.6. The van der Waals surface area contributed by atoms with Crippen LogP contribution in [0.25, 0.3) is 0 Å². The molecule has 0 amide bonds. The second-order valence-electron chi connectivity index (χ2n) is 4.24. The van der Waals surface area contributed by atoms with Gasteiger partial charge in [0, 0.05) is 5.88 Å². The molecule has 0 spiro atoms. The highest BCUT2D eigenvalue weighted by Gasteiger charge is 2.14. The van der Waals surface area contributed by atoms with E-state index in [1.54, 1.807) is 6.07 Å². The Morgan fingerprint density at radius 2 is 2.00 bits per heavy atom. The number of halogens is 2. The summed E-state index contributed by atoms with van der Waals surface area (Å²) in [5, 5.41) is 0. The summed E-state index contributed by atoms with van der Waals surface area (Å²) < 4.78 is 34.7. The van der Waals surface area contributed by atoms with Crippen molar-refractivity contribution in [2.75, 3.05) is 25.2 Å². The maximum Gasteiger partial charge on any atom is 0.175 e. The highest BCUT2D eigenvalue weighted by atomic mass is 79.9. The van der Waals surface area contributed by atoms with Gasteiger partial charge in [0.25, 0.3) is 0 Å². The zero-order chi connectivity index (χ0) is 15.2. The van der Waals surface area contributed by atoms with E-state index in [4.69, 9.17) is 21.1 Å². The van der Waals surface area contributed by atoms with Gasteiger partial charge in [-0.15, -0.1) is 11.6 Å². The maximum atomic E-state index is 11.6. The molecule has 0 fully saturated rings. The highest BCUT2D eigenvalue weighted by Crippen LogP contribution is 2.37. The average Bonchev–Trinajstić information content (AvgIpc) is 2.39. The molecule has 0 radical (unpaired) electrons. The van der Waals surface area contributed by atoms with E-state index in [0.717, 1.165) is 5.56 Å². The van der Waals surface area contributed by atoms with E-state index in [1.165, 1.54) is 7.11 Å². The van der Waals surface area contributed by atoms with Gasteiger partial charge < -0.3 is 9.47 Å². The van der Waals surface area contributed by atoms with Crippen molar-refractivity contribution < 1.29 is 17.9 Å². The SMILES string of the molecule is CCCS(=O)(=O)CCOc1c(Br)cc(CCl)cc1OC. The summed E-state index contributed by atoms with van der Waals surface area (Å²) in [5.41, 5.74) is 0.890. The Bertz CT molecular complexity index is 546. The van der Waals surface area contributed by atoms with Gasteiger partial charge in [0.2, 0.25) is 0 Å². The molecule has 1 aromatic rings. The molecule has 0 aromatic heterocycles. The summed E-state index contributed by atoms with van der Waals surface area (Å²) in [5.74, 6) is 1.56. The lowest BCUT2D eigenvalue weighted by Gasteiger charge is -2.13. The topological polar surface area (TPSA) is 52.6 Å². The molecule has 0 atom stereocenters. The second kappa shape index (κ2) is 8.10. The molecule has 114 valence electrons. The van der Waals surface area contributed by atoms with Crippen LogP contribution < -0.4 is 9.47 Å². The van der Waals surface area contributed by atoms with Crippen molar-refractivity contribution in [3.63, 3.8) is 0 Å². The van der Waals surface area contributed by atoms with E-state index >= 15 is 0 Å². The monoisotopic (exact) mass is 384 g/mol. The second-order valence-corrected chi connectivity index (χ2v) is 7.67. The molecule has 0 heterocycles. The Balaban J connectivity index is 2.78. The molecule has 1 rings (SSSR count). The van der Waals surface area contributed by atoms with Gasteiger partial charge in [0.1, 0.15) is 6.61 Å². The Morgan fingerprint density at radius 1 is 1.30 bits per heavy atom. The fourth-order valence-corrected chi connectivity index (χ4v) is 3.60. The summed E-state index contributed by atoms with van der Waals surface area (Å²) in [7, 11) is -1.52. The molecule has 7 heteroatoms. The Labute approximate surface area is 133 Å². The molecular formula is C13H18BrClO4S. The van der Waals surface area contributed by atoms with Crippen molar-refractivity contribution in [1.82, 2.24) is 0 Å². The fraction of sp³-hybridized carbons (Fsp3) is 0.538. The third kappa shape index (κ3) is 5.14. The third-order valence-electron chi connectivity index (χ3n) is 2.60. The van der Waals surface area contributed by atoms with Crippen LogP contribution in [0.2, 0.25) is 0 Å². The highest BCUT2D eigenvalue weighted by molar-refractivity contribution is 9.10. The first-order valence-corrected chi connectivity index (χ1v) is 9.34. The summed E-state index contributed by atoms with van der Waals surface area (Å²) >= 11 is 9.16. The number of methoxy groups -OCH3 is 1. The van der Waals surface area contributed by atoms with Gasteiger partial charge in [-0.3, -0.25) is 0 Å². The van der Waals surface area contributed by atoms with Gasteiger partial charge in [0.15, 0.2) is 21.3 Å². The molecular weight excluding hydrogens is 368 g/mol. The zero-order valence-electron chi connectivity index (χ0n) is 11.5. The number of hydrogen-bond acceptors (Lipinski definition) is 4. The molecule has 4 nitrogen and oxygen atoms in total. The number of benzene rings is 1. The predicted molar refractivity (Wildman–Crippen MR) is 84.7 cm³/mol. The van der Waals surface area contributed by atoms with Crippen molar-refractivity contribution in [1.29, 1.82) is 0 Å². The molecule has 0 unspecified atom stereocenters. The van der Waals surface area contributed by atoms with Crippen molar-refractivity contribution in [2.45, 2.75) is 19.2 Å². The lowest BCUT2D eigenvalue weighted by molar-refractivity contribution is 0.309. The number of hydrogen-bond donors (Lipinski definition) is 0. The average molecular weight is 386 g/mol. The molecule has 0 bridgehead atoms. The molecule has 0 saturated carbocycles. The molecule has 1 aromatic carbocycles. The number of alkyl halides is 1. The minimum atomic E-state index is -3.05. The summed E-state index contributed by atoms with van der Waals surface area (Å²) in [4.78, 5) is 0. The van der Waals surface area contributed by atoms with Crippen LogP contribution in [0, 0.1) is 0 Å². The summed E-state index contributed by atoms with van der Waals surface area (Å²) in [6, 6.07) is 3.60. The van der Waals surface area contributed by atoms with Crippen LogP contribution in [-0.4, -0.2) is 33.6 Å². The Kier molecular flexibility index (Phi) is 7.12. The lowest BCUT2D eigenvalue weighted by atomic mass is 10.2. The van der Waals surface area contributed by atoms with Crippen LogP contribution in [0.4, 0.5) is 0 Å². The first-order valence-electron chi connectivity index (χ1n) is 6.19. The summed E-state index contributed by atoms with van der Waals surface area (Å²) in [6.45, 7) is 1.93. The smallest absolute Gasteiger partial charge is 0.175 e. The van der Waals surface area contributed by atoms with E-state index in [-0.39, 0.29) is 18.1 Å². The number of sulfone groups is 1. The van der Waals surface area contributed by atoms with Crippen LogP contribution >= 0.6 is 27.5 Å². The van der Waals surface area contributed by atoms with Gasteiger partial charge in [-0.1, -0.05) is 6.92 Å². The van der Waals surface area contributed by atoms with E-state index in [1.807, 2.05) is 13.0 Å². The van der Waals surface area contributed by atoms with Crippen LogP contribution in [-0.2, 0) is 15.7 Å². The maximum absolute atomic E-state index is 11.6. The van der Waals surface area contributed by atoms with Crippen molar-refractivity contribution in [3.8, 4) is 11.5 Å². The molecule has 0 aliphatic carbocycles. The van der Waals surface area contributed by atoms with E-state index < -0.39 is 9.84 Å². The molecule has 0 aliphatic rings. The Morgan fingerprint density at radius 3 is 2.55 bits per heavy atom. The molecule has 0 saturated heterocycles. The van der Waals surface area contributed by atoms with Crippen LogP contribution in [0.5, 0.6) is 11.5 Å². The first-order chi connectivity index (χ1) is 9.43. The minimum absolute atomic E-state index is 0.00626. The normalized spacial score (nSPS) is 11.4. The van der Waals surface area contributed by atoms with Gasteiger partial charge in [0.05, 0.1) is 23.1 Å². The number of rotatable bonds is 8. The van der Waals surface area contributed by atoms with Crippen LogP contribution in [0.3, 0.4) is 0 Å². The molecule has 0 aliphatic heterocycles. The molecule has 20 heavy (non-hydrogen) atoms. The predicted octanol–water partition coefficient (Wildman–Crippen LogP) is 3.40. The van der Waals surface area contributed by atoms with Gasteiger partial charge >= 0.3 is 0 Å². The van der Waals surface area contributed by atoms with E-state index in [0.29, 0.717) is 28.3 Å². The van der Waals surface area contributed by atoms with E-state index in [9.17, 15) is 8.42 Å². The largest absolute Gasteiger partial charge is 0.493 e. The van der Waals surface area contributed by atoms with Crippen LogP contribution in [0.15, 0.2) is 16.6 Å². The van der Waals surface area contributed by atoms with Crippen molar-refractivity contribution >= 4 is 37.4 Å². The molecule has 0 N–H and O–H groups in total. The van der Waals surface area contributed by atoms with Crippen molar-refractivity contribution in [3.05, 3.63) is 22.2 Å². The number of ether oxygens (including phenoxy) is 2. The van der Waals surface area contributed by atoms with Crippen LogP contribution in [0.1, 0.15) is 18.9 Å². The minimum Gasteiger partial charge on any atom is -0.493 e.